The van der Waals surface area contributed by atoms with E-state index in [0.29, 0.717) is 6.54 Å². The molecule has 7 nitrogen and oxygen atoms in total. The summed E-state index contributed by atoms with van der Waals surface area (Å²) in [5.74, 6) is 0. The Bertz CT molecular complexity index is 232. The molecule has 2 fully saturated rings. The number of nitrogens with one attached hydrogen (secondary N) is 1. The summed E-state index contributed by atoms with van der Waals surface area (Å²) in [6.45, 7) is 4.85. The Morgan fingerprint density at radius 3 is 2.80 bits per heavy atom. The number of ether oxygens (including phenoxy) is 2. The van der Waals surface area contributed by atoms with Gasteiger partial charge in [0.15, 0.2) is 11.8 Å². The zero-order valence-corrected chi connectivity index (χ0v) is 8.55. The van der Waals surface area contributed by atoms with Gasteiger partial charge in [-0.3, -0.25) is 0 Å². The molecular formula is C8H16N3O4+. The van der Waals surface area contributed by atoms with E-state index in [1.165, 1.54) is 4.90 Å². The van der Waals surface area contributed by atoms with E-state index in [-0.39, 0.29) is 12.8 Å². The van der Waals surface area contributed by atoms with E-state index in [2.05, 4.69) is 0 Å². The van der Waals surface area contributed by atoms with E-state index in [4.69, 9.17) is 9.47 Å². The zero-order valence-electron chi connectivity index (χ0n) is 8.55. The predicted octanol–water partition coefficient (Wildman–Crippen LogP) is -2.25. The van der Waals surface area contributed by atoms with E-state index in [1.807, 2.05) is 0 Å². The molecule has 2 aliphatic heterocycles. The third-order valence-electron chi connectivity index (χ3n) is 2.82. The van der Waals surface area contributed by atoms with Crippen LogP contribution in [-0.2, 0) is 9.47 Å². The Balaban J connectivity index is 1.74. The lowest BCUT2D eigenvalue weighted by molar-refractivity contribution is -0.910. The SMILES string of the molecule is O=[N+]([O-])N1COC(C[NH+]2CCOCC2)C1. The summed E-state index contributed by atoms with van der Waals surface area (Å²) in [5, 5.41) is 11.2. The first kappa shape index (κ1) is 10.6. The first-order valence-electron chi connectivity index (χ1n) is 5.18. The average Bonchev–Trinajstić information content (AvgIpc) is 2.68. The van der Waals surface area contributed by atoms with E-state index >= 15 is 0 Å². The number of nitro groups is 1. The second kappa shape index (κ2) is 4.73. The Morgan fingerprint density at radius 1 is 1.47 bits per heavy atom. The van der Waals surface area contributed by atoms with E-state index in [0.717, 1.165) is 37.9 Å². The number of quaternary nitrogens is 1. The number of rotatable bonds is 3. The van der Waals surface area contributed by atoms with E-state index in [9.17, 15) is 10.1 Å². The summed E-state index contributed by atoms with van der Waals surface area (Å²) in [7, 11) is 0. The first-order chi connectivity index (χ1) is 7.25. The molecule has 2 heterocycles. The molecule has 2 saturated heterocycles. The van der Waals surface area contributed by atoms with Crippen LogP contribution in [0.15, 0.2) is 0 Å². The minimum absolute atomic E-state index is 0.0106. The van der Waals surface area contributed by atoms with E-state index in [1.54, 1.807) is 0 Å². The van der Waals surface area contributed by atoms with Gasteiger partial charge >= 0.3 is 0 Å². The number of hydrogen-bond acceptors (Lipinski definition) is 4. The summed E-state index contributed by atoms with van der Waals surface area (Å²) in [6.07, 6.45) is -0.0106. The quantitative estimate of drug-likeness (QED) is 0.428. The van der Waals surface area contributed by atoms with Crippen LogP contribution in [0, 0.1) is 10.1 Å². The van der Waals surface area contributed by atoms with Gasteiger partial charge in [0.25, 0.3) is 0 Å². The second-order valence-electron chi connectivity index (χ2n) is 3.91. The van der Waals surface area contributed by atoms with Crippen molar-refractivity contribution < 1.29 is 19.4 Å². The van der Waals surface area contributed by atoms with Gasteiger partial charge in [0, 0.05) is 0 Å². The van der Waals surface area contributed by atoms with Crippen molar-refractivity contribution in [1.29, 1.82) is 0 Å². The van der Waals surface area contributed by atoms with Crippen molar-refractivity contribution in [3.8, 4) is 0 Å². The number of morpholine rings is 1. The van der Waals surface area contributed by atoms with Crippen LogP contribution >= 0.6 is 0 Å². The van der Waals surface area contributed by atoms with Gasteiger partial charge in [-0.2, -0.15) is 0 Å². The van der Waals surface area contributed by atoms with Gasteiger partial charge in [-0.15, -0.1) is 0 Å². The van der Waals surface area contributed by atoms with Crippen molar-refractivity contribution in [2.75, 3.05) is 46.1 Å². The minimum Gasteiger partial charge on any atom is -0.370 e. The standard InChI is InChI=1S/C8H15N3O4/c12-11(13)10-6-8(15-7-10)5-9-1-3-14-4-2-9/h8H,1-7H2/p+1. The fourth-order valence-corrected chi connectivity index (χ4v) is 1.96. The van der Waals surface area contributed by atoms with Crippen LogP contribution in [0.1, 0.15) is 0 Å². The molecule has 0 aromatic heterocycles. The molecule has 1 unspecified atom stereocenters. The fourth-order valence-electron chi connectivity index (χ4n) is 1.96. The van der Waals surface area contributed by atoms with Crippen molar-refractivity contribution >= 4 is 0 Å². The molecule has 2 aliphatic rings. The van der Waals surface area contributed by atoms with Crippen LogP contribution in [-0.4, -0.2) is 62.3 Å². The third kappa shape index (κ3) is 2.77. The van der Waals surface area contributed by atoms with Crippen LogP contribution in [0.2, 0.25) is 0 Å². The molecule has 2 rings (SSSR count). The lowest BCUT2D eigenvalue weighted by Gasteiger charge is -2.25. The maximum atomic E-state index is 10.5. The molecule has 0 aromatic rings. The zero-order chi connectivity index (χ0) is 10.7. The van der Waals surface area contributed by atoms with Crippen molar-refractivity contribution in [3.05, 3.63) is 10.1 Å². The van der Waals surface area contributed by atoms with Gasteiger partial charge < -0.3 is 14.4 Å². The van der Waals surface area contributed by atoms with Gasteiger partial charge in [0.1, 0.15) is 32.3 Å². The molecule has 0 spiro atoms. The van der Waals surface area contributed by atoms with Gasteiger partial charge in [0.05, 0.1) is 13.2 Å². The van der Waals surface area contributed by atoms with Crippen molar-refractivity contribution in [2.24, 2.45) is 0 Å². The number of hydrogen-bond donors (Lipinski definition) is 1. The van der Waals surface area contributed by atoms with Crippen LogP contribution in [0.25, 0.3) is 0 Å². The van der Waals surface area contributed by atoms with Crippen LogP contribution in [0.3, 0.4) is 0 Å². The largest absolute Gasteiger partial charge is 0.370 e. The normalized spacial score (nSPS) is 28.3. The number of nitrogens with zero attached hydrogens (tertiary/aromatic N) is 2. The highest BCUT2D eigenvalue weighted by atomic mass is 16.7. The van der Waals surface area contributed by atoms with E-state index < -0.39 is 5.03 Å². The van der Waals surface area contributed by atoms with Crippen LogP contribution in [0.4, 0.5) is 0 Å². The summed E-state index contributed by atoms with van der Waals surface area (Å²) in [6, 6.07) is 0. The molecule has 0 bridgehead atoms. The molecule has 7 heteroatoms. The van der Waals surface area contributed by atoms with Gasteiger partial charge in [0.2, 0.25) is 0 Å². The summed E-state index contributed by atoms with van der Waals surface area (Å²) >= 11 is 0. The Kier molecular flexibility index (Phi) is 3.34. The first-order valence-corrected chi connectivity index (χ1v) is 5.18. The topological polar surface area (TPSA) is 69.3 Å². The molecule has 1 atom stereocenters. The average molecular weight is 218 g/mol. The van der Waals surface area contributed by atoms with Crippen molar-refractivity contribution in [2.45, 2.75) is 6.10 Å². The third-order valence-corrected chi connectivity index (χ3v) is 2.82. The molecule has 86 valence electrons. The molecule has 0 aromatic carbocycles. The van der Waals surface area contributed by atoms with Gasteiger partial charge in [-0.05, 0) is 0 Å². The van der Waals surface area contributed by atoms with Gasteiger partial charge in [-0.25, -0.2) is 10.1 Å². The fraction of sp³-hybridized carbons (Fsp3) is 1.00. The molecule has 0 radical (unpaired) electrons. The second-order valence-corrected chi connectivity index (χ2v) is 3.91. The minimum atomic E-state index is -0.394. The highest BCUT2D eigenvalue weighted by Gasteiger charge is 2.32. The monoisotopic (exact) mass is 218 g/mol. The molecule has 1 N–H and O–H groups in total. The molecule has 0 amide bonds. The summed E-state index contributed by atoms with van der Waals surface area (Å²) in [5.41, 5.74) is 0. The van der Waals surface area contributed by atoms with Crippen LogP contribution < -0.4 is 4.90 Å². The Hall–Kier alpha value is -0.920. The highest BCUT2D eigenvalue weighted by Crippen LogP contribution is 2.05. The highest BCUT2D eigenvalue weighted by molar-refractivity contribution is 4.64. The molecule has 0 aliphatic carbocycles. The summed E-state index contributed by atoms with van der Waals surface area (Å²) in [4.78, 5) is 11.9. The maximum absolute atomic E-state index is 10.5. The molecule has 15 heavy (non-hydrogen) atoms. The molecular weight excluding hydrogens is 202 g/mol. The lowest BCUT2D eigenvalue weighted by atomic mass is 10.3. The number of hydrazine groups is 1. The Morgan fingerprint density at radius 2 is 2.20 bits per heavy atom. The van der Waals surface area contributed by atoms with Crippen LogP contribution in [0.5, 0.6) is 0 Å². The lowest BCUT2D eigenvalue weighted by Crippen LogP contribution is -3.15. The van der Waals surface area contributed by atoms with Crippen molar-refractivity contribution in [1.82, 2.24) is 5.01 Å². The Labute approximate surface area is 87.7 Å². The summed E-state index contributed by atoms with van der Waals surface area (Å²) < 4.78 is 10.6. The predicted molar refractivity (Wildman–Crippen MR) is 49.8 cm³/mol. The van der Waals surface area contributed by atoms with Gasteiger partial charge in [-0.1, -0.05) is 5.01 Å². The smallest absolute Gasteiger partial charge is 0.177 e. The van der Waals surface area contributed by atoms with Crippen molar-refractivity contribution in [3.63, 3.8) is 0 Å². The molecule has 0 saturated carbocycles. The maximum Gasteiger partial charge on any atom is 0.177 e.